The Morgan fingerprint density at radius 1 is 1.25 bits per heavy atom. The molecule has 0 spiro atoms. The Hall–Kier alpha value is -2.11. The Morgan fingerprint density at radius 3 is 2.40 bits per heavy atom. The van der Waals surface area contributed by atoms with E-state index in [-0.39, 0.29) is 23.6 Å². The molecule has 0 bridgehead atoms. The van der Waals surface area contributed by atoms with Crippen molar-refractivity contribution >= 4 is 11.9 Å². The average molecular weight is 278 g/mol. The van der Waals surface area contributed by atoms with Crippen molar-refractivity contribution in [2.24, 2.45) is 0 Å². The monoisotopic (exact) mass is 278 g/mol. The molecule has 108 valence electrons. The molecular formula is C14H18N2O4. The quantitative estimate of drug-likeness (QED) is 0.886. The predicted octanol–water partition coefficient (Wildman–Crippen LogP) is 0.786. The molecule has 0 aliphatic carbocycles. The minimum absolute atomic E-state index is 0.0920. The lowest BCUT2D eigenvalue weighted by Crippen LogP contribution is -2.36. The van der Waals surface area contributed by atoms with Gasteiger partial charge in [-0.1, -0.05) is 0 Å². The van der Waals surface area contributed by atoms with Gasteiger partial charge in [0.1, 0.15) is 6.54 Å². The molecule has 0 saturated carbocycles. The third kappa shape index (κ3) is 2.59. The molecule has 20 heavy (non-hydrogen) atoms. The number of nitrogens with zero attached hydrogens (tertiary/aromatic N) is 2. The van der Waals surface area contributed by atoms with Gasteiger partial charge < -0.3 is 14.6 Å². The van der Waals surface area contributed by atoms with Gasteiger partial charge in [0, 0.05) is 24.8 Å². The highest BCUT2D eigenvalue weighted by Crippen LogP contribution is 2.13. The van der Waals surface area contributed by atoms with Crippen LogP contribution in [0.4, 0.5) is 0 Å². The van der Waals surface area contributed by atoms with E-state index in [1.807, 2.05) is 0 Å². The number of amides is 1. The number of rotatable bonds is 3. The van der Waals surface area contributed by atoms with Crippen molar-refractivity contribution in [2.75, 3.05) is 13.1 Å². The summed E-state index contributed by atoms with van der Waals surface area (Å²) in [5, 5.41) is 9.20. The molecule has 0 atom stereocenters. The molecule has 1 saturated heterocycles. The number of carboxylic acid groups (broad SMARTS) is 1. The van der Waals surface area contributed by atoms with Gasteiger partial charge in [-0.2, -0.15) is 0 Å². The van der Waals surface area contributed by atoms with Crippen LogP contribution in [-0.2, 0) is 11.3 Å². The molecule has 1 amide bonds. The number of aromatic carboxylic acids is 1. The second-order valence-electron chi connectivity index (χ2n) is 5.11. The van der Waals surface area contributed by atoms with Crippen LogP contribution in [0.3, 0.4) is 0 Å². The summed E-state index contributed by atoms with van der Waals surface area (Å²) in [6, 6.07) is 1.27. The standard InChI is InChI=1S/C14H18N2O4/c1-9-7-11(17)16(10(2)13(9)14(19)20)8-12(18)15-5-3-4-6-15/h7H,3-6,8H2,1-2H3,(H,19,20). The summed E-state index contributed by atoms with van der Waals surface area (Å²) in [6.45, 7) is 4.49. The fourth-order valence-electron chi connectivity index (χ4n) is 2.64. The van der Waals surface area contributed by atoms with Crippen LogP contribution < -0.4 is 5.56 Å². The van der Waals surface area contributed by atoms with E-state index in [1.54, 1.807) is 18.7 Å². The third-order valence-electron chi connectivity index (χ3n) is 3.73. The lowest BCUT2D eigenvalue weighted by molar-refractivity contribution is -0.130. The highest BCUT2D eigenvalue weighted by atomic mass is 16.4. The molecule has 6 heteroatoms. The topological polar surface area (TPSA) is 79.6 Å². The van der Waals surface area contributed by atoms with Crippen LogP contribution in [-0.4, -0.2) is 39.5 Å². The number of aryl methyl sites for hydroxylation is 1. The molecule has 1 fully saturated rings. The number of carboxylic acids is 1. The van der Waals surface area contributed by atoms with E-state index >= 15 is 0 Å². The normalized spacial score (nSPS) is 14.6. The molecule has 1 aliphatic heterocycles. The van der Waals surface area contributed by atoms with Gasteiger partial charge in [-0.3, -0.25) is 9.59 Å². The number of likely N-dealkylation sites (tertiary alicyclic amines) is 1. The van der Waals surface area contributed by atoms with Crippen LogP contribution in [0.2, 0.25) is 0 Å². The third-order valence-corrected chi connectivity index (χ3v) is 3.73. The van der Waals surface area contributed by atoms with E-state index in [2.05, 4.69) is 0 Å². The summed E-state index contributed by atoms with van der Waals surface area (Å²) >= 11 is 0. The molecular weight excluding hydrogens is 260 g/mol. The van der Waals surface area contributed by atoms with Gasteiger partial charge in [-0.25, -0.2) is 4.79 Å². The maximum absolute atomic E-state index is 12.1. The second-order valence-corrected chi connectivity index (χ2v) is 5.11. The summed E-state index contributed by atoms with van der Waals surface area (Å²) in [6.07, 6.45) is 1.96. The van der Waals surface area contributed by atoms with E-state index in [9.17, 15) is 19.5 Å². The first-order chi connectivity index (χ1) is 9.41. The van der Waals surface area contributed by atoms with Crippen LogP contribution in [0, 0.1) is 13.8 Å². The van der Waals surface area contributed by atoms with Gasteiger partial charge in [-0.15, -0.1) is 0 Å². The Balaban J connectivity index is 2.36. The number of hydrogen-bond acceptors (Lipinski definition) is 3. The molecule has 1 aromatic rings. The molecule has 1 N–H and O–H groups in total. The fourth-order valence-corrected chi connectivity index (χ4v) is 2.64. The van der Waals surface area contributed by atoms with Gasteiger partial charge in [0.15, 0.2) is 0 Å². The Labute approximate surface area is 116 Å². The van der Waals surface area contributed by atoms with Crippen molar-refractivity contribution in [3.63, 3.8) is 0 Å². The van der Waals surface area contributed by atoms with Crippen molar-refractivity contribution in [2.45, 2.75) is 33.2 Å². The summed E-state index contributed by atoms with van der Waals surface area (Å²) in [5.74, 6) is -1.21. The van der Waals surface area contributed by atoms with E-state index in [1.165, 1.54) is 10.6 Å². The van der Waals surface area contributed by atoms with Gasteiger partial charge in [0.2, 0.25) is 5.91 Å². The van der Waals surface area contributed by atoms with Crippen molar-refractivity contribution in [1.29, 1.82) is 0 Å². The highest BCUT2D eigenvalue weighted by molar-refractivity contribution is 5.90. The zero-order chi connectivity index (χ0) is 14.9. The maximum atomic E-state index is 12.1. The van der Waals surface area contributed by atoms with Crippen LogP contribution in [0.25, 0.3) is 0 Å². The summed E-state index contributed by atoms with van der Waals surface area (Å²) in [5.41, 5.74) is 0.510. The molecule has 0 radical (unpaired) electrons. The molecule has 2 rings (SSSR count). The van der Waals surface area contributed by atoms with E-state index in [0.717, 1.165) is 12.8 Å². The maximum Gasteiger partial charge on any atom is 0.337 e. The van der Waals surface area contributed by atoms with Crippen LogP contribution in [0.15, 0.2) is 10.9 Å². The zero-order valence-electron chi connectivity index (χ0n) is 11.7. The van der Waals surface area contributed by atoms with Crippen molar-refractivity contribution in [3.05, 3.63) is 33.2 Å². The molecule has 6 nitrogen and oxygen atoms in total. The number of pyridine rings is 1. The highest BCUT2D eigenvalue weighted by Gasteiger charge is 2.21. The zero-order valence-corrected chi connectivity index (χ0v) is 11.7. The minimum Gasteiger partial charge on any atom is -0.478 e. The van der Waals surface area contributed by atoms with Crippen molar-refractivity contribution < 1.29 is 14.7 Å². The Bertz CT molecular complexity index is 612. The van der Waals surface area contributed by atoms with Gasteiger partial charge in [-0.05, 0) is 32.3 Å². The summed E-state index contributed by atoms with van der Waals surface area (Å²) in [7, 11) is 0. The van der Waals surface area contributed by atoms with Crippen LogP contribution in [0.5, 0.6) is 0 Å². The SMILES string of the molecule is Cc1cc(=O)n(CC(=O)N2CCCC2)c(C)c1C(=O)O. The van der Waals surface area contributed by atoms with Crippen LogP contribution in [0.1, 0.15) is 34.5 Å². The molecule has 0 aromatic carbocycles. The van der Waals surface area contributed by atoms with Gasteiger partial charge >= 0.3 is 5.97 Å². The first-order valence-corrected chi connectivity index (χ1v) is 6.64. The fraction of sp³-hybridized carbons (Fsp3) is 0.500. The van der Waals surface area contributed by atoms with Gasteiger partial charge in [0.25, 0.3) is 5.56 Å². The molecule has 2 heterocycles. The Morgan fingerprint density at radius 2 is 1.85 bits per heavy atom. The minimum atomic E-state index is -1.08. The Kier molecular flexibility index (Phi) is 3.92. The molecule has 0 unspecified atom stereocenters. The van der Waals surface area contributed by atoms with E-state index < -0.39 is 5.97 Å². The van der Waals surface area contributed by atoms with E-state index in [0.29, 0.717) is 24.3 Å². The molecule has 1 aromatic heterocycles. The molecule has 1 aliphatic rings. The largest absolute Gasteiger partial charge is 0.478 e. The first-order valence-electron chi connectivity index (χ1n) is 6.64. The van der Waals surface area contributed by atoms with Crippen LogP contribution >= 0.6 is 0 Å². The number of hydrogen-bond donors (Lipinski definition) is 1. The smallest absolute Gasteiger partial charge is 0.337 e. The first kappa shape index (κ1) is 14.3. The van der Waals surface area contributed by atoms with E-state index in [4.69, 9.17) is 0 Å². The predicted molar refractivity (Wildman–Crippen MR) is 72.9 cm³/mol. The van der Waals surface area contributed by atoms with Crippen molar-refractivity contribution in [1.82, 2.24) is 9.47 Å². The summed E-state index contributed by atoms with van der Waals surface area (Å²) < 4.78 is 1.25. The number of carbonyl (C=O) groups excluding carboxylic acids is 1. The second kappa shape index (κ2) is 5.48. The van der Waals surface area contributed by atoms with Gasteiger partial charge in [0.05, 0.1) is 5.56 Å². The summed E-state index contributed by atoms with van der Waals surface area (Å²) in [4.78, 5) is 37.0. The van der Waals surface area contributed by atoms with Crippen molar-refractivity contribution in [3.8, 4) is 0 Å². The average Bonchev–Trinajstić information content (AvgIpc) is 2.87. The lowest BCUT2D eigenvalue weighted by atomic mass is 10.1. The number of carbonyl (C=O) groups is 2. The number of aromatic nitrogens is 1. The lowest BCUT2D eigenvalue weighted by Gasteiger charge is -2.18.